The number of ether oxygens (including phenoxy) is 2. The van der Waals surface area contributed by atoms with Gasteiger partial charge in [0.2, 0.25) is 0 Å². The summed E-state index contributed by atoms with van der Waals surface area (Å²) >= 11 is 0. The quantitative estimate of drug-likeness (QED) is 0.624. The Balaban J connectivity index is 1.77. The fourth-order valence-corrected chi connectivity index (χ4v) is 2.47. The molecule has 0 aliphatic carbocycles. The van der Waals surface area contributed by atoms with Gasteiger partial charge < -0.3 is 9.47 Å². The van der Waals surface area contributed by atoms with Crippen LogP contribution in [0.2, 0.25) is 0 Å². The molecule has 1 heterocycles. The van der Waals surface area contributed by atoms with Crippen molar-refractivity contribution in [1.29, 1.82) is 0 Å². The summed E-state index contributed by atoms with van der Waals surface area (Å²) in [5.41, 5.74) is 2.06. The fourth-order valence-electron chi connectivity index (χ4n) is 2.47. The number of hydrogen-bond donors (Lipinski definition) is 0. The third kappa shape index (κ3) is 3.46. The van der Waals surface area contributed by atoms with Crippen LogP contribution < -0.4 is 9.64 Å². The van der Waals surface area contributed by atoms with Crippen LogP contribution in [0.3, 0.4) is 0 Å². The molecule has 0 bridgehead atoms. The summed E-state index contributed by atoms with van der Waals surface area (Å²) < 4.78 is 10.1. The monoisotopic (exact) mass is 323 g/mol. The van der Waals surface area contributed by atoms with Crippen molar-refractivity contribution in [2.24, 2.45) is 0 Å². The minimum absolute atomic E-state index is 0.132. The predicted octanol–water partition coefficient (Wildman–Crippen LogP) is 3.55. The number of anilines is 1. The maximum Gasteiger partial charge on any atom is 0.414 e. The number of ketones is 1. The van der Waals surface area contributed by atoms with Gasteiger partial charge in [-0.2, -0.15) is 0 Å². The average Bonchev–Trinajstić information content (AvgIpc) is 3.06. The van der Waals surface area contributed by atoms with E-state index in [9.17, 15) is 9.59 Å². The molecule has 5 nitrogen and oxygen atoms in total. The zero-order chi connectivity index (χ0) is 16.9. The molecule has 1 fully saturated rings. The Morgan fingerprint density at radius 2 is 2.04 bits per heavy atom. The normalized spacial score (nSPS) is 14.0. The van der Waals surface area contributed by atoms with Gasteiger partial charge in [0, 0.05) is 11.3 Å². The van der Waals surface area contributed by atoms with Crippen molar-refractivity contribution in [1.82, 2.24) is 0 Å². The molecule has 1 aliphatic rings. The van der Waals surface area contributed by atoms with Crippen LogP contribution in [0.25, 0.3) is 6.08 Å². The van der Waals surface area contributed by atoms with Gasteiger partial charge in [-0.05, 0) is 35.9 Å². The number of cyclic esters (lactones) is 1. The Bertz CT molecular complexity index is 797. The van der Waals surface area contributed by atoms with Gasteiger partial charge in [0.1, 0.15) is 12.4 Å². The first-order chi connectivity index (χ1) is 11.7. The summed E-state index contributed by atoms with van der Waals surface area (Å²) in [6.45, 7) is 0.864. The molecule has 0 N–H and O–H groups in total. The molecule has 122 valence electrons. The van der Waals surface area contributed by atoms with E-state index in [1.54, 1.807) is 37.5 Å². The number of allylic oxidation sites excluding steroid dienone is 1. The van der Waals surface area contributed by atoms with E-state index in [-0.39, 0.29) is 11.9 Å². The maximum atomic E-state index is 12.4. The Morgan fingerprint density at radius 1 is 1.21 bits per heavy atom. The zero-order valence-corrected chi connectivity index (χ0v) is 13.3. The van der Waals surface area contributed by atoms with E-state index in [2.05, 4.69) is 0 Å². The van der Waals surface area contributed by atoms with Gasteiger partial charge >= 0.3 is 6.09 Å². The van der Waals surface area contributed by atoms with Crippen molar-refractivity contribution in [2.75, 3.05) is 25.2 Å². The number of nitrogens with zero attached hydrogens (tertiary/aromatic N) is 1. The van der Waals surface area contributed by atoms with E-state index in [1.165, 1.54) is 11.0 Å². The molecule has 5 heteroatoms. The lowest BCUT2D eigenvalue weighted by molar-refractivity contribution is 0.104. The van der Waals surface area contributed by atoms with E-state index >= 15 is 0 Å². The molecule has 1 saturated heterocycles. The first kappa shape index (κ1) is 15.8. The van der Waals surface area contributed by atoms with Crippen LogP contribution in [0, 0.1) is 0 Å². The summed E-state index contributed by atoms with van der Waals surface area (Å²) in [7, 11) is 1.60. The Kier molecular flexibility index (Phi) is 4.61. The number of benzene rings is 2. The second kappa shape index (κ2) is 7.00. The standard InChI is InChI=1S/C19H17NO4/c1-23-17-7-2-4-14(12-17)8-9-18(21)15-5-3-6-16(13-15)20-10-11-24-19(20)22/h2-9,12-13H,10-11H2,1H3/b9-8+. The third-order valence-electron chi connectivity index (χ3n) is 3.72. The summed E-state index contributed by atoms with van der Waals surface area (Å²) in [6.07, 6.45) is 2.87. The molecule has 1 aliphatic heterocycles. The Hall–Kier alpha value is -3.08. The number of amides is 1. The van der Waals surface area contributed by atoms with Crippen molar-refractivity contribution >= 4 is 23.6 Å². The highest BCUT2D eigenvalue weighted by Gasteiger charge is 2.23. The molecule has 1 amide bonds. The Morgan fingerprint density at radius 3 is 2.79 bits per heavy atom. The van der Waals surface area contributed by atoms with E-state index in [4.69, 9.17) is 9.47 Å². The molecule has 2 aromatic carbocycles. The number of carbonyl (C=O) groups excluding carboxylic acids is 2. The van der Waals surface area contributed by atoms with Gasteiger partial charge in [-0.3, -0.25) is 9.69 Å². The lowest BCUT2D eigenvalue weighted by atomic mass is 10.1. The summed E-state index contributed by atoms with van der Waals surface area (Å²) in [4.78, 5) is 25.5. The number of rotatable bonds is 5. The van der Waals surface area contributed by atoms with Crippen molar-refractivity contribution in [3.05, 3.63) is 65.7 Å². The van der Waals surface area contributed by atoms with Gasteiger partial charge in [0.05, 0.1) is 13.7 Å². The van der Waals surface area contributed by atoms with Gasteiger partial charge in [0.25, 0.3) is 0 Å². The highest BCUT2D eigenvalue weighted by atomic mass is 16.6. The molecule has 0 aromatic heterocycles. The van der Waals surface area contributed by atoms with Crippen molar-refractivity contribution in [3.8, 4) is 5.75 Å². The predicted molar refractivity (Wildman–Crippen MR) is 91.5 cm³/mol. The molecule has 0 spiro atoms. The molecule has 0 saturated carbocycles. The van der Waals surface area contributed by atoms with Crippen LogP contribution in [0.15, 0.2) is 54.6 Å². The zero-order valence-electron chi connectivity index (χ0n) is 13.3. The minimum atomic E-state index is -0.383. The SMILES string of the molecule is COc1cccc(/C=C/C(=O)c2cccc(N3CCOC3=O)c2)c1. The molecule has 3 rings (SSSR count). The van der Waals surface area contributed by atoms with Crippen LogP contribution >= 0.6 is 0 Å². The van der Waals surface area contributed by atoms with E-state index in [1.807, 2.05) is 24.3 Å². The van der Waals surface area contributed by atoms with Gasteiger partial charge in [0.15, 0.2) is 5.78 Å². The van der Waals surface area contributed by atoms with Crippen LogP contribution in [0.1, 0.15) is 15.9 Å². The van der Waals surface area contributed by atoms with Crippen molar-refractivity contribution in [3.63, 3.8) is 0 Å². The molecule has 24 heavy (non-hydrogen) atoms. The third-order valence-corrected chi connectivity index (χ3v) is 3.72. The summed E-state index contributed by atoms with van der Waals surface area (Å²) in [5.74, 6) is 0.603. The molecule has 2 aromatic rings. The number of carbonyl (C=O) groups is 2. The molecular formula is C19H17NO4. The maximum absolute atomic E-state index is 12.4. The summed E-state index contributed by atoms with van der Waals surface area (Å²) in [6, 6.07) is 14.4. The van der Waals surface area contributed by atoms with Crippen LogP contribution in [0.4, 0.5) is 10.5 Å². The van der Waals surface area contributed by atoms with Crippen molar-refractivity contribution < 1.29 is 19.1 Å². The Labute approximate surface area is 140 Å². The lowest BCUT2D eigenvalue weighted by Crippen LogP contribution is -2.23. The number of hydrogen-bond acceptors (Lipinski definition) is 4. The average molecular weight is 323 g/mol. The van der Waals surface area contributed by atoms with E-state index < -0.39 is 0 Å². The number of methoxy groups -OCH3 is 1. The van der Waals surface area contributed by atoms with Crippen LogP contribution in [-0.2, 0) is 4.74 Å². The minimum Gasteiger partial charge on any atom is -0.497 e. The second-order valence-electron chi connectivity index (χ2n) is 5.29. The smallest absolute Gasteiger partial charge is 0.414 e. The molecule has 0 unspecified atom stereocenters. The summed E-state index contributed by atoms with van der Waals surface area (Å²) in [5, 5.41) is 0. The second-order valence-corrected chi connectivity index (χ2v) is 5.29. The van der Waals surface area contributed by atoms with Crippen LogP contribution in [0.5, 0.6) is 5.75 Å². The topological polar surface area (TPSA) is 55.8 Å². The molecule has 0 atom stereocenters. The van der Waals surface area contributed by atoms with Crippen LogP contribution in [-0.4, -0.2) is 32.1 Å². The van der Waals surface area contributed by atoms with Gasteiger partial charge in [-0.25, -0.2) is 4.79 Å². The first-order valence-electron chi connectivity index (χ1n) is 7.58. The highest BCUT2D eigenvalue weighted by Crippen LogP contribution is 2.21. The van der Waals surface area contributed by atoms with Gasteiger partial charge in [-0.1, -0.05) is 30.3 Å². The largest absolute Gasteiger partial charge is 0.497 e. The van der Waals surface area contributed by atoms with E-state index in [0.29, 0.717) is 24.4 Å². The molecule has 0 radical (unpaired) electrons. The van der Waals surface area contributed by atoms with Gasteiger partial charge in [-0.15, -0.1) is 0 Å². The molecular weight excluding hydrogens is 306 g/mol. The highest BCUT2D eigenvalue weighted by molar-refractivity contribution is 6.07. The fraction of sp³-hybridized carbons (Fsp3) is 0.158. The van der Waals surface area contributed by atoms with E-state index in [0.717, 1.165) is 11.3 Å². The lowest BCUT2D eigenvalue weighted by Gasteiger charge is -2.13. The first-order valence-corrected chi connectivity index (χ1v) is 7.58. The van der Waals surface area contributed by atoms with Crippen molar-refractivity contribution in [2.45, 2.75) is 0 Å².